The number of hydrogen-bond acceptors (Lipinski definition) is 3. The third kappa shape index (κ3) is 6.19. The number of aliphatic imine (C=N–C) groups is 1. The Labute approximate surface area is 156 Å². The smallest absolute Gasteiger partial charge is 0.253 e. The largest absolute Gasteiger partial charge is 0.368 e. The standard InChI is InChI=1S/C20H30N4O2/c1-4-5-6-12-24(3)20(21-2)22-15-16-9-7-10-17(14-16)23-19(25)18-11-8-13-26-18/h4,7,9-10,14,18H,1,5-6,8,11-13,15H2,2-3H3,(H,21,22)(H,23,25). The molecule has 26 heavy (non-hydrogen) atoms. The van der Waals surface area contributed by atoms with Crippen LogP contribution in [0.3, 0.4) is 0 Å². The van der Waals surface area contributed by atoms with Crippen molar-refractivity contribution in [3.63, 3.8) is 0 Å². The highest BCUT2D eigenvalue weighted by Crippen LogP contribution is 2.16. The monoisotopic (exact) mass is 358 g/mol. The van der Waals surface area contributed by atoms with E-state index in [1.165, 1.54) is 0 Å². The summed E-state index contributed by atoms with van der Waals surface area (Å²) in [5.74, 6) is 0.785. The van der Waals surface area contributed by atoms with Crippen LogP contribution in [0.25, 0.3) is 0 Å². The van der Waals surface area contributed by atoms with Gasteiger partial charge in [0, 0.05) is 39.5 Å². The molecule has 0 saturated carbocycles. The van der Waals surface area contributed by atoms with E-state index in [1.807, 2.05) is 37.4 Å². The fourth-order valence-corrected chi connectivity index (χ4v) is 2.91. The fraction of sp³-hybridized carbons (Fsp3) is 0.500. The molecule has 0 aliphatic carbocycles. The summed E-state index contributed by atoms with van der Waals surface area (Å²) in [6, 6.07) is 7.84. The van der Waals surface area contributed by atoms with Crippen LogP contribution in [0.1, 0.15) is 31.2 Å². The maximum absolute atomic E-state index is 12.2. The van der Waals surface area contributed by atoms with E-state index in [0.717, 1.165) is 49.4 Å². The first kappa shape index (κ1) is 20.0. The number of nitrogens with one attached hydrogen (secondary N) is 2. The molecule has 1 aliphatic rings. The van der Waals surface area contributed by atoms with Crippen LogP contribution in [-0.2, 0) is 16.1 Å². The molecule has 0 aromatic heterocycles. The van der Waals surface area contributed by atoms with Crippen molar-refractivity contribution in [1.82, 2.24) is 10.2 Å². The summed E-state index contributed by atoms with van der Waals surface area (Å²) >= 11 is 0. The molecule has 1 aliphatic heterocycles. The molecule has 1 fully saturated rings. The number of carbonyl (C=O) groups excluding carboxylic acids is 1. The van der Waals surface area contributed by atoms with Gasteiger partial charge in [0.25, 0.3) is 5.91 Å². The summed E-state index contributed by atoms with van der Waals surface area (Å²) in [7, 11) is 3.81. The summed E-state index contributed by atoms with van der Waals surface area (Å²) < 4.78 is 5.43. The Kier molecular flexibility index (Phi) is 8.15. The van der Waals surface area contributed by atoms with E-state index in [1.54, 1.807) is 7.05 Å². The van der Waals surface area contributed by atoms with E-state index in [0.29, 0.717) is 13.2 Å². The third-order valence-corrected chi connectivity index (χ3v) is 4.34. The van der Waals surface area contributed by atoms with E-state index in [9.17, 15) is 4.79 Å². The Morgan fingerprint density at radius 2 is 2.35 bits per heavy atom. The average molecular weight is 358 g/mol. The van der Waals surface area contributed by atoms with Gasteiger partial charge >= 0.3 is 0 Å². The number of ether oxygens (including phenoxy) is 1. The van der Waals surface area contributed by atoms with Gasteiger partial charge in [-0.3, -0.25) is 9.79 Å². The van der Waals surface area contributed by atoms with Gasteiger partial charge in [-0.2, -0.15) is 0 Å². The van der Waals surface area contributed by atoms with Crippen LogP contribution in [0.2, 0.25) is 0 Å². The molecule has 0 radical (unpaired) electrons. The van der Waals surface area contributed by atoms with Gasteiger partial charge in [-0.05, 0) is 43.4 Å². The molecule has 142 valence electrons. The minimum absolute atomic E-state index is 0.0645. The molecular weight excluding hydrogens is 328 g/mol. The molecule has 1 unspecified atom stereocenters. The Hall–Kier alpha value is -2.34. The molecule has 2 rings (SSSR count). The van der Waals surface area contributed by atoms with Crippen LogP contribution >= 0.6 is 0 Å². The van der Waals surface area contributed by atoms with Gasteiger partial charge in [0.05, 0.1) is 0 Å². The minimum atomic E-state index is -0.320. The number of unbranched alkanes of at least 4 members (excludes halogenated alkanes) is 1. The number of anilines is 1. The highest BCUT2D eigenvalue weighted by molar-refractivity contribution is 5.94. The zero-order chi connectivity index (χ0) is 18.8. The van der Waals surface area contributed by atoms with Crippen molar-refractivity contribution in [3.8, 4) is 0 Å². The summed E-state index contributed by atoms with van der Waals surface area (Å²) in [5.41, 5.74) is 1.87. The Bertz CT molecular complexity index is 624. The fourth-order valence-electron chi connectivity index (χ4n) is 2.91. The predicted molar refractivity (Wildman–Crippen MR) is 106 cm³/mol. The molecule has 1 aromatic rings. The van der Waals surface area contributed by atoms with Crippen LogP contribution in [0.15, 0.2) is 41.9 Å². The number of hydrogen-bond donors (Lipinski definition) is 2. The van der Waals surface area contributed by atoms with Crippen molar-refractivity contribution < 1.29 is 9.53 Å². The second-order valence-corrected chi connectivity index (χ2v) is 6.44. The second kappa shape index (κ2) is 10.6. The maximum Gasteiger partial charge on any atom is 0.253 e. The summed E-state index contributed by atoms with van der Waals surface area (Å²) in [6.45, 7) is 5.98. The molecule has 1 amide bonds. The number of carbonyl (C=O) groups is 1. The van der Waals surface area contributed by atoms with Crippen molar-refractivity contribution in [2.24, 2.45) is 4.99 Å². The zero-order valence-electron chi connectivity index (χ0n) is 15.8. The first-order valence-corrected chi connectivity index (χ1v) is 9.18. The third-order valence-electron chi connectivity index (χ3n) is 4.34. The van der Waals surface area contributed by atoms with Gasteiger partial charge in [0.2, 0.25) is 0 Å². The van der Waals surface area contributed by atoms with Crippen molar-refractivity contribution >= 4 is 17.6 Å². The molecule has 6 heteroatoms. The summed E-state index contributed by atoms with van der Waals surface area (Å²) in [6.07, 6.45) is 5.39. The number of rotatable bonds is 8. The van der Waals surface area contributed by atoms with E-state index in [-0.39, 0.29) is 12.0 Å². The lowest BCUT2D eigenvalue weighted by molar-refractivity contribution is -0.124. The lowest BCUT2D eigenvalue weighted by Crippen LogP contribution is -2.39. The number of allylic oxidation sites excluding steroid dienone is 1. The molecule has 1 heterocycles. The summed E-state index contributed by atoms with van der Waals surface area (Å²) in [5, 5.41) is 6.30. The SMILES string of the molecule is C=CCCCN(C)C(=NC)NCc1cccc(NC(=O)C2CCCO2)c1. The van der Waals surface area contributed by atoms with Gasteiger partial charge < -0.3 is 20.3 Å². The number of benzene rings is 1. The molecular formula is C20H30N4O2. The van der Waals surface area contributed by atoms with Crippen LogP contribution in [0.4, 0.5) is 5.69 Å². The number of nitrogens with zero attached hydrogens (tertiary/aromatic N) is 2. The van der Waals surface area contributed by atoms with E-state index >= 15 is 0 Å². The van der Waals surface area contributed by atoms with Crippen molar-refractivity contribution in [1.29, 1.82) is 0 Å². The zero-order valence-corrected chi connectivity index (χ0v) is 15.8. The van der Waals surface area contributed by atoms with Crippen LogP contribution in [0.5, 0.6) is 0 Å². The van der Waals surface area contributed by atoms with E-state index in [4.69, 9.17) is 4.74 Å². The molecule has 1 saturated heterocycles. The molecule has 1 aromatic carbocycles. The topological polar surface area (TPSA) is 66.0 Å². The molecule has 1 atom stereocenters. The van der Waals surface area contributed by atoms with Crippen LogP contribution in [0, 0.1) is 0 Å². The van der Waals surface area contributed by atoms with Gasteiger partial charge in [0.15, 0.2) is 5.96 Å². The summed E-state index contributed by atoms with van der Waals surface area (Å²) in [4.78, 5) is 18.6. The molecule has 6 nitrogen and oxygen atoms in total. The Morgan fingerprint density at radius 1 is 1.50 bits per heavy atom. The molecule has 0 bridgehead atoms. The lowest BCUT2D eigenvalue weighted by atomic mass is 10.2. The minimum Gasteiger partial charge on any atom is -0.368 e. The first-order chi connectivity index (χ1) is 12.6. The molecule has 0 spiro atoms. The molecule has 2 N–H and O–H groups in total. The Balaban J connectivity index is 1.86. The normalized spacial score (nSPS) is 17.0. The first-order valence-electron chi connectivity index (χ1n) is 9.18. The van der Waals surface area contributed by atoms with Crippen LogP contribution < -0.4 is 10.6 Å². The van der Waals surface area contributed by atoms with Gasteiger partial charge in [-0.25, -0.2) is 0 Å². The van der Waals surface area contributed by atoms with Crippen LogP contribution in [-0.4, -0.2) is 50.1 Å². The highest BCUT2D eigenvalue weighted by atomic mass is 16.5. The van der Waals surface area contributed by atoms with E-state index in [2.05, 4.69) is 27.1 Å². The predicted octanol–water partition coefficient (Wildman–Crippen LogP) is 2.78. The van der Waals surface area contributed by atoms with Crippen molar-refractivity contribution in [2.75, 3.05) is 32.6 Å². The van der Waals surface area contributed by atoms with Crippen molar-refractivity contribution in [3.05, 3.63) is 42.5 Å². The van der Waals surface area contributed by atoms with E-state index < -0.39 is 0 Å². The number of guanidine groups is 1. The van der Waals surface area contributed by atoms with Gasteiger partial charge in [-0.1, -0.05) is 18.2 Å². The second-order valence-electron chi connectivity index (χ2n) is 6.44. The lowest BCUT2D eigenvalue weighted by Gasteiger charge is -2.22. The quantitative estimate of drug-likeness (QED) is 0.325. The average Bonchev–Trinajstić information content (AvgIpc) is 3.18. The Morgan fingerprint density at radius 3 is 3.04 bits per heavy atom. The van der Waals surface area contributed by atoms with Gasteiger partial charge in [-0.15, -0.1) is 6.58 Å². The highest BCUT2D eigenvalue weighted by Gasteiger charge is 2.23. The van der Waals surface area contributed by atoms with Crippen molar-refractivity contribution in [2.45, 2.75) is 38.3 Å². The van der Waals surface area contributed by atoms with Gasteiger partial charge in [0.1, 0.15) is 6.10 Å². The maximum atomic E-state index is 12.2. The number of amides is 1.